The minimum Gasteiger partial charge on any atom is -0.396 e. The number of aliphatic hydroxyl groups is 1. The molecule has 0 saturated carbocycles. The maximum Gasteiger partial charge on any atom is 0.238 e. The van der Waals surface area contributed by atoms with E-state index in [1.54, 1.807) is 24.3 Å². The van der Waals surface area contributed by atoms with E-state index in [4.69, 9.17) is 16.7 Å². The zero-order valence-electron chi connectivity index (χ0n) is 9.74. The zero-order valence-corrected chi connectivity index (χ0v) is 10.5. The highest BCUT2D eigenvalue weighted by molar-refractivity contribution is 6.30. The van der Waals surface area contributed by atoms with E-state index in [2.05, 4.69) is 10.6 Å². The van der Waals surface area contributed by atoms with Crippen LogP contribution in [0.4, 0.5) is 5.69 Å². The Balaban J connectivity index is 2.27. The predicted molar refractivity (Wildman–Crippen MR) is 69.2 cm³/mol. The summed E-state index contributed by atoms with van der Waals surface area (Å²) in [5, 5.41) is 15.2. The van der Waals surface area contributed by atoms with Gasteiger partial charge in [0.2, 0.25) is 5.91 Å². The minimum atomic E-state index is -0.113. The molecular formula is C12H17ClN2O2. The van der Waals surface area contributed by atoms with Gasteiger partial charge < -0.3 is 15.7 Å². The standard InChI is InChI=1S/C12H17ClN2O2/c1-9(8-16)6-14-7-12(17)15-11-4-2-10(13)3-5-11/h2-5,9,14,16H,6-8H2,1H3,(H,15,17). The second kappa shape index (κ2) is 7.27. The lowest BCUT2D eigenvalue weighted by molar-refractivity contribution is -0.115. The van der Waals surface area contributed by atoms with Gasteiger partial charge in [0.15, 0.2) is 0 Å². The van der Waals surface area contributed by atoms with Crippen LogP contribution in [0, 0.1) is 5.92 Å². The Kier molecular flexibility index (Phi) is 5.97. The number of carbonyl (C=O) groups is 1. The number of benzene rings is 1. The van der Waals surface area contributed by atoms with Gasteiger partial charge in [-0.2, -0.15) is 0 Å². The Morgan fingerprint density at radius 2 is 2.06 bits per heavy atom. The molecule has 1 rings (SSSR count). The number of rotatable bonds is 6. The molecule has 0 aliphatic rings. The Bertz CT molecular complexity index is 354. The molecule has 1 aromatic rings. The number of hydrogen-bond acceptors (Lipinski definition) is 3. The maximum atomic E-state index is 11.5. The van der Waals surface area contributed by atoms with Crippen molar-refractivity contribution in [2.45, 2.75) is 6.92 Å². The lowest BCUT2D eigenvalue weighted by Gasteiger charge is -2.09. The average molecular weight is 257 g/mol. The molecular weight excluding hydrogens is 240 g/mol. The molecule has 1 unspecified atom stereocenters. The molecule has 0 heterocycles. The average Bonchev–Trinajstić information content (AvgIpc) is 2.32. The van der Waals surface area contributed by atoms with Crippen LogP contribution in [0.5, 0.6) is 0 Å². The summed E-state index contributed by atoms with van der Waals surface area (Å²) in [5.74, 6) is 0.0378. The highest BCUT2D eigenvalue weighted by Gasteiger charge is 2.03. The van der Waals surface area contributed by atoms with Crippen LogP contribution in [-0.2, 0) is 4.79 Å². The lowest BCUT2D eigenvalue weighted by atomic mass is 10.2. The first-order chi connectivity index (χ1) is 8.11. The van der Waals surface area contributed by atoms with E-state index in [0.29, 0.717) is 11.6 Å². The van der Waals surface area contributed by atoms with Crippen molar-refractivity contribution in [3.63, 3.8) is 0 Å². The fourth-order valence-corrected chi connectivity index (χ4v) is 1.36. The van der Waals surface area contributed by atoms with Crippen LogP contribution in [-0.4, -0.2) is 30.7 Å². The smallest absolute Gasteiger partial charge is 0.238 e. The third-order valence-electron chi connectivity index (χ3n) is 2.22. The van der Waals surface area contributed by atoms with Crippen LogP contribution in [0.2, 0.25) is 5.02 Å². The number of halogens is 1. The number of carbonyl (C=O) groups excluding carboxylic acids is 1. The molecule has 3 N–H and O–H groups in total. The van der Waals surface area contributed by atoms with Crippen molar-refractivity contribution in [1.29, 1.82) is 0 Å². The quantitative estimate of drug-likeness (QED) is 0.723. The predicted octanol–water partition coefficient (Wildman–Crippen LogP) is 1.50. The second-order valence-corrected chi connectivity index (χ2v) is 4.41. The number of anilines is 1. The topological polar surface area (TPSA) is 61.4 Å². The highest BCUT2D eigenvalue weighted by Crippen LogP contribution is 2.12. The molecule has 4 nitrogen and oxygen atoms in total. The highest BCUT2D eigenvalue weighted by atomic mass is 35.5. The molecule has 5 heteroatoms. The molecule has 0 radical (unpaired) electrons. The molecule has 94 valence electrons. The molecule has 0 aromatic heterocycles. The molecule has 0 bridgehead atoms. The van der Waals surface area contributed by atoms with Gasteiger partial charge in [0.1, 0.15) is 0 Å². The number of nitrogens with one attached hydrogen (secondary N) is 2. The fraction of sp³-hybridized carbons (Fsp3) is 0.417. The molecule has 17 heavy (non-hydrogen) atoms. The monoisotopic (exact) mass is 256 g/mol. The van der Waals surface area contributed by atoms with E-state index in [0.717, 1.165) is 5.69 Å². The van der Waals surface area contributed by atoms with Gasteiger partial charge in [-0.25, -0.2) is 0 Å². The normalized spacial score (nSPS) is 12.2. The largest absolute Gasteiger partial charge is 0.396 e. The van der Waals surface area contributed by atoms with Gasteiger partial charge in [0.25, 0.3) is 0 Å². The second-order valence-electron chi connectivity index (χ2n) is 3.97. The van der Waals surface area contributed by atoms with Crippen LogP contribution in [0.25, 0.3) is 0 Å². The Labute approximate surface area is 106 Å². The van der Waals surface area contributed by atoms with Gasteiger partial charge in [-0.1, -0.05) is 18.5 Å². The summed E-state index contributed by atoms with van der Waals surface area (Å²) in [6.45, 7) is 2.87. The van der Waals surface area contributed by atoms with Crippen molar-refractivity contribution in [2.24, 2.45) is 5.92 Å². The summed E-state index contributed by atoms with van der Waals surface area (Å²) < 4.78 is 0. The van der Waals surface area contributed by atoms with Gasteiger partial charge in [-0.3, -0.25) is 4.79 Å². The van der Waals surface area contributed by atoms with Gasteiger partial charge in [0, 0.05) is 23.9 Å². The molecule has 0 fully saturated rings. The van der Waals surface area contributed by atoms with Crippen LogP contribution in [0.1, 0.15) is 6.92 Å². The Hall–Kier alpha value is -1.10. The molecule has 1 amide bonds. The first kappa shape index (κ1) is 14.0. The van der Waals surface area contributed by atoms with Crippen molar-refractivity contribution >= 4 is 23.2 Å². The van der Waals surface area contributed by atoms with Crippen LogP contribution in [0.15, 0.2) is 24.3 Å². The summed E-state index contributed by atoms with van der Waals surface area (Å²) >= 11 is 5.73. The Morgan fingerprint density at radius 1 is 1.41 bits per heavy atom. The minimum absolute atomic E-state index is 0.113. The molecule has 0 aliphatic carbocycles. The van der Waals surface area contributed by atoms with Gasteiger partial charge in [0.05, 0.1) is 6.54 Å². The number of aliphatic hydroxyl groups excluding tert-OH is 1. The first-order valence-electron chi connectivity index (χ1n) is 5.49. The number of hydrogen-bond donors (Lipinski definition) is 3. The van der Waals surface area contributed by atoms with E-state index >= 15 is 0 Å². The third kappa shape index (κ3) is 5.68. The van der Waals surface area contributed by atoms with E-state index in [9.17, 15) is 4.79 Å². The molecule has 0 saturated heterocycles. The van der Waals surface area contributed by atoms with Gasteiger partial charge >= 0.3 is 0 Å². The fourth-order valence-electron chi connectivity index (χ4n) is 1.24. The summed E-state index contributed by atoms with van der Waals surface area (Å²) in [6, 6.07) is 6.93. The summed E-state index contributed by atoms with van der Waals surface area (Å²) in [5.41, 5.74) is 0.719. The van der Waals surface area contributed by atoms with E-state index in [1.165, 1.54) is 0 Å². The van der Waals surface area contributed by atoms with Crippen LogP contribution in [0.3, 0.4) is 0 Å². The summed E-state index contributed by atoms with van der Waals surface area (Å²) in [4.78, 5) is 11.5. The van der Waals surface area contributed by atoms with E-state index < -0.39 is 0 Å². The van der Waals surface area contributed by atoms with Crippen molar-refractivity contribution in [3.8, 4) is 0 Å². The van der Waals surface area contributed by atoms with E-state index in [-0.39, 0.29) is 25.0 Å². The van der Waals surface area contributed by atoms with Crippen molar-refractivity contribution in [2.75, 3.05) is 25.0 Å². The SMILES string of the molecule is CC(CO)CNCC(=O)Nc1ccc(Cl)cc1. The molecule has 1 atom stereocenters. The van der Waals surface area contributed by atoms with Crippen LogP contribution >= 0.6 is 11.6 Å². The maximum absolute atomic E-state index is 11.5. The first-order valence-corrected chi connectivity index (χ1v) is 5.86. The van der Waals surface area contributed by atoms with Crippen molar-refractivity contribution < 1.29 is 9.90 Å². The Morgan fingerprint density at radius 3 is 2.65 bits per heavy atom. The van der Waals surface area contributed by atoms with Crippen molar-refractivity contribution in [1.82, 2.24) is 5.32 Å². The molecule has 1 aromatic carbocycles. The summed E-state index contributed by atoms with van der Waals surface area (Å²) in [6.07, 6.45) is 0. The van der Waals surface area contributed by atoms with Gasteiger partial charge in [-0.05, 0) is 30.2 Å². The zero-order chi connectivity index (χ0) is 12.7. The van der Waals surface area contributed by atoms with Crippen LogP contribution < -0.4 is 10.6 Å². The van der Waals surface area contributed by atoms with E-state index in [1.807, 2.05) is 6.92 Å². The molecule has 0 aliphatic heterocycles. The summed E-state index contributed by atoms with van der Waals surface area (Å²) in [7, 11) is 0. The van der Waals surface area contributed by atoms with Crippen molar-refractivity contribution in [3.05, 3.63) is 29.3 Å². The third-order valence-corrected chi connectivity index (χ3v) is 2.47. The number of amides is 1. The van der Waals surface area contributed by atoms with Gasteiger partial charge in [-0.15, -0.1) is 0 Å². The molecule has 0 spiro atoms. The lowest BCUT2D eigenvalue weighted by Crippen LogP contribution is -2.31.